The maximum absolute atomic E-state index is 13.4. The second-order valence-electron chi connectivity index (χ2n) is 11.6. The van der Waals surface area contributed by atoms with E-state index in [1.807, 2.05) is 0 Å². The van der Waals surface area contributed by atoms with Gasteiger partial charge in [0.25, 0.3) is 0 Å². The highest BCUT2D eigenvalue weighted by Gasteiger charge is 2.56. The van der Waals surface area contributed by atoms with E-state index in [2.05, 4.69) is 10.0 Å². The van der Waals surface area contributed by atoms with Crippen molar-refractivity contribution in [2.24, 2.45) is 5.11 Å². The highest BCUT2D eigenvalue weighted by Crippen LogP contribution is 2.35. The molecule has 0 bridgehead atoms. The SMILES string of the molecule is CC(=O)OC[C@H]1O[C@@H](O[C@H]2[C@H](OC(=O)c3ccccc3)[C@H](N=[N+]=[N-])C(O)O[C@@H]2COC(=O)c2ccccc2)[C@H](OC(C)=O)[C@@H](OC(C)=O)[C@H]1OC(C)=O. The van der Waals surface area contributed by atoms with Gasteiger partial charge < -0.3 is 47.7 Å². The topological polar surface area (TPSA) is 254 Å². The summed E-state index contributed by atoms with van der Waals surface area (Å²) in [6.07, 6.45) is -15.1. The molecule has 0 aromatic heterocycles. The molecular weight excluding hydrogens is 706 g/mol. The second-order valence-corrected chi connectivity index (χ2v) is 11.6. The van der Waals surface area contributed by atoms with Gasteiger partial charge in [-0.25, -0.2) is 9.59 Å². The first-order valence-corrected chi connectivity index (χ1v) is 16.1. The highest BCUT2D eigenvalue weighted by atomic mass is 16.8. The number of benzene rings is 2. The number of azide groups is 1. The minimum Gasteiger partial charge on any atom is -0.463 e. The fraction of sp³-hybridized carbons (Fsp3) is 0.471. The van der Waals surface area contributed by atoms with Crippen molar-refractivity contribution >= 4 is 35.8 Å². The van der Waals surface area contributed by atoms with E-state index in [0.717, 1.165) is 27.7 Å². The van der Waals surface area contributed by atoms with E-state index in [1.165, 1.54) is 24.3 Å². The molecule has 10 atom stereocenters. The Kier molecular flexibility index (Phi) is 14.2. The lowest BCUT2D eigenvalue weighted by atomic mass is 9.95. The molecule has 2 fully saturated rings. The fourth-order valence-corrected chi connectivity index (χ4v) is 5.56. The number of carbonyl (C=O) groups excluding carboxylic acids is 6. The van der Waals surface area contributed by atoms with Crippen molar-refractivity contribution in [3.63, 3.8) is 0 Å². The van der Waals surface area contributed by atoms with Gasteiger partial charge in [-0.1, -0.05) is 41.5 Å². The van der Waals surface area contributed by atoms with Crippen LogP contribution in [0, 0.1) is 0 Å². The van der Waals surface area contributed by atoms with Crippen LogP contribution in [0.25, 0.3) is 10.4 Å². The Balaban J connectivity index is 1.81. The largest absolute Gasteiger partial charge is 0.463 e. The Morgan fingerprint density at radius 1 is 0.642 bits per heavy atom. The van der Waals surface area contributed by atoms with E-state index >= 15 is 0 Å². The minimum atomic E-state index is -1.95. The Hall–Kier alpha value is -5.59. The molecule has 2 aromatic rings. The number of hydrogen-bond donors (Lipinski definition) is 1. The number of esters is 6. The summed E-state index contributed by atoms with van der Waals surface area (Å²) in [5.41, 5.74) is 9.61. The summed E-state index contributed by atoms with van der Waals surface area (Å²) in [4.78, 5) is 77.9. The number of hydrogen-bond acceptors (Lipinski definition) is 17. The molecule has 2 aliphatic rings. The van der Waals surface area contributed by atoms with E-state index in [1.54, 1.807) is 36.4 Å². The Bertz CT molecular complexity index is 1670. The van der Waals surface area contributed by atoms with Gasteiger partial charge in [0.2, 0.25) is 0 Å². The lowest BCUT2D eigenvalue weighted by Gasteiger charge is -2.48. The molecule has 1 N–H and O–H groups in total. The van der Waals surface area contributed by atoms with E-state index in [4.69, 9.17) is 42.6 Å². The predicted octanol–water partition coefficient (Wildman–Crippen LogP) is 1.93. The van der Waals surface area contributed by atoms with Gasteiger partial charge in [0.1, 0.15) is 43.7 Å². The molecular formula is C34H37N3O16. The summed E-state index contributed by atoms with van der Waals surface area (Å²) >= 11 is 0. The van der Waals surface area contributed by atoms with Crippen molar-refractivity contribution in [3.05, 3.63) is 82.2 Å². The standard InChI is InChI=1S/C34H37N3O16/c1-17(38)45-15-24-27(47-18(2)39)29(48-19(3)40)30(49-20(4)41)34(51-24)53-26-23(16-46-31(42)21-11-7-5-8-12-21)50-33(44)25(36-37-35)28(26)52-32(43)22-13-9-6-10-14-22/h5-14,23-30,33-34,44H,15-16H2,1-4H3/t23-,24-,25+,26-,27+,28-,29+,30-,33?,34+/m1/s1. The zero-order valence-corrected chi connectivity index (χ0v) is 28.9. The van der Waals surface area contributed by atoms with Gasteiger partial charge in [0.05, 0.1) is 11.1 Å². The normalized spacial score (nSPS) is 27.9. The molecule has 1 unspecified atom stereocenters. The van der Waals surface area contributed by atoms with E-state index in [0.29, 0.717) is 0 Å². The van der Waals surface area contributed by atoms with Gasteiger partial charge in [-0.3, -0.25) is 19.2 Å². The van der Waals surface area contributed by atoms with Crippen molar-refractivity contribution in [2.75, 3.05) is 13.2 Å². The molecule has 0 radical (unpaired) electrons. The number of rotatable bonds is 13. The second kappa shape index (κ2) is 18.8. The third-order valence-corrected chi connectivity index (χ3v) is 7.70. The molecule has 2 aromatic carbocycles. The van der Waals surface area contributed by atoms with Crippen molar-refractivity contribution < 1.29 is 76.5 Å². The predicted molar refractivity (Wildman–Crippen MR) is 173 cm³/mol. The van der Waals surface area contributed by atoms with Gasteiger partial charge >= 0.3 is 35.8 Å². The molecule has 2 saturated heterocycles. The van der Waals surface area contributed by atoms with E-state index in [-0.39, 0.29) is 11.1 Å². The van der Waals surface area contributed by atoms with Gasteiger partial charge in [-0.05, 0) is 29.8 Å². The molecule has 0 aliphatic carbocycles. The van der Waals surface area contributed by atoms with Crippen molar-refractivity contribution in [1.82, 2.24) is 0 Å². The Labute approximate surface area is 301 Å². The summed E-state index contributed by atoms with van der Waals surface area (Å²) in [6, 6.07) is 13.7. The first-order chi connectivity index (χ1) is 25.3. The quantitative estimate of drug-likeness (QED) is 0.101. The zero-order valence-electron chi connectivity index (χ0n) is 28.9. The van der Waals surface area contributed by atoms with Gasteiger partial charge in [0.15, 0.2) is 30.9 Å². The van der Waals surface area contributed by atoms with Crippen LogP contribution in [0.4, 0.5) is 0 Å². The molecule has 0 amide bonds. The summed E-state index contributed by atoms with van der Waals surface area (Å²) in [5.74, 6) is -5.26. The average Bonchev–Trinajstić information content (AvgIpc) is 3.11. The smallest absolute Gasteiger partial charge is 0.338 e. The molecule has 2 heterocycles. The van der Waals surface area contributed by atoms with Crippen LogP contribution in [0.2, 0.25) is 0 Å². The minimum absolute atomic E-state index is 0.0475. The van der Waals surface area contributed by atoms with Gasteiger partial charge in [0, 0.05) is 32.6 Å². The molecule has 53 heavy (non-hydrogen) atoms. The molecule has 2 aliphatic heterocycles. The van der Waals surface area contributed by atoms with Gasteiger partial charge in [-0.2, -0.15) is 0 Å². The third kappa shape index (κ3) is 11.0. The number of carbonyl (C=O) groups is 6. The number of aliphatic hydroxyl groups excluding tert-OH is 1. The van der Waals surface area contributed by atoms with Crippen molar-refractivity contribution in [2.45, 2.75) is 89.0 Å². The van der Waals surface area contributed by atoms with Crippen LogP contribution < -0.4 is 0 Å². The first-order valence-electron chi connectivity index (χ1n) is 16.1. The van der Waals surface area contributed by atoms with Crippen LogP contribution in [0.1, 0.15) is 48.4 Å². The monoisotopic (exact) mass is 743 g/mol. The third-order valence-electron chi connectivity index (χ3n) is 7.70. The maximum Gasteiger partial charge on any atom is 0.338 e. The maximum atomic E-state index is 13.4. The lowest BCUT2D eigenvalue weighted by molar-refractivity contribution is -0.345. The summed E-state index contributed by atoms with van der Waals surface area (Å²) in [6.45, 7) is 2.93. The highest BCUT2D eigenvalue weighted by molar-refractivity contribution is 5.90. The molecule has 284 valence electrons. The Morgan fingerprint density at radius 3 is 1.70 bits per heavy atom. The van der Waals surface area contributed by atoms with Crippen molar-refractivity contribution in [1.29, 1.82) is 0 Å². The van der Waals surface area contributed by atoms with Crippen LogP contribution in [0.15, 0.2) is 65.8 Å². The van der Waals surface area contributed by atoms with Gasteiger partial charge in [-0.15, -0.1) is 0 Å². The van der Waals surface area contributed by atoms with E-state index < -0.39 is 110 Å². The molecule has 19 nitrogen and oxygen atoms in total. The molecule has 4 rings (SSSR count). The number of ether oxygens (including phenoxy) is 9. The number of aliphatic hydroxyl groups is 1. The summed E-state index contributed by atoms with van der Waals surface area (Å²) in [5, 5.41) is 14.6. The van der Waals surface area contributed by atoms with Crippen LogP contribution in [0.3, 0.4) is 0 Å². The van der Waals surface area contributed by atoms with Crippen LogP contribution in [0.5, 0.6) is 0 Å². The zero-order chi connectivity index (χ0) is 38.7. The summed E-state index contributed by atoms with van der Waals surface area (Å²) in [7, 11) is 0. The van der Waals surface area contributed by atoms with Crippen molar-refractivity contribution in [3.8, 4) is 0 Å². The molecule has 0 spiro atoms. The molecule has 19 heteroatoms. The van der Waals surface area contributed by atoms with E-state index in [9.17, 15) is 39.4 Å². The molecule has 0 saturated carbocycles. The lowest BCUT2D eigenvalue weighted by Crippen LogP contribution is -2.66. The first kappa shape index (κ1) is 40.2. The number of nitrogens with zero attached hydrogens (tertiary/aromatic N) is 3. The van der Waals surface area contributed by atoms with Crippen LogP contribution in [-0.2, 0) is 61.8 Å². The fourth-order valence-electron chi connectivity index (χ4n) is 5.56. The summed E-state index contributed by atoms with van der Waals surface area (Å²) < 4.78 is 50.8. The van der Waals surface area contributed by atoms with Crippen LogP contribution >= 0.6 is 0 Å². The average molecular weight is 744 g/mol. The van der Waals surface area contributed by atoms with Crippen LogP contribution in [-0.4, -0.2) is 115 Å². The Morgan fingerprint density at radius 2 is 1.15 bits per heavy atom.